The van der Waals surface area contributed by atoms with Gasteiger partial charge in [0.2, 0.25) is 5.91 Å². The molecular weight excluding hydrogens is 259 g/mol. The van der Waals surface area contributed by atoms with Crippen LogP contribution in [0.25, 0.3) is 0 Å². The van der Waals surface area contributed by atoms with Crippen LogP contribution in [0.1, 0.15) is 30.0 Å². The predicted octanol–water partition coefficient (Wildman–Crippen LogP) is 2.21. The summed E-state index contributed by atoms with van der Waals surface area (Å²) in [6.07, 6.45) is 2.31. The van der Waals surface area contributed by atoms with Gasteiger partial charge in [-0.1, -0.05) is 17.7 Å². The molecule has 1 aliphatic rings. The first-order chi connectivity index (χ1) is 7.70. The van der Waals surface area contributed by atoms with E-state index in [9.17, 15) is 4.79 Å². The number of hydrogen-bond donors (Lipinski definition) is 2. The summed E-state index contributed by atoms with van der Waals surface area (Å²) in [5.74, 6) is 0.0234. The number of carbonyl (C=O) groups is 1. The quantitative estimate of drug-likeness (QED) is 0.888. The van der Waals surface area contributed by atoms with Crippen LogP contribution in [0.4, 0.5) is 0 Å². The summed E-state index contributed by atoms with van der Waals surface area (Å²) >= 11 is 5.92. The Morgan fingerprint density at radius 2 is 2.29 bits per heavy atom. The average molecular weight is 275 g/mol. The number of benzene rings is 1. The molecule has 1 amide bonds. The molecule has 0 aromatic heterocycles. The zero-order valence-corrected chi connectivity index (χ0v) is 11.0. The Kier molecular flexibility index (Phi) is 5.25. The van der Waals surface area contributed by atoms with Gasteiger partial charge in [0.15, 0.2) is 0 Å². The van der Waals surface area contributed by atoms with E-state index >= 15 is 0 Å². The molecule has 0 heterocycles. The Balaban J connectivity index is 0.00000144. The highest BCUT2D eigenvalue weighted by atomic mass is 35.5. The highest BCUT2D eigenvalue weighted by molar-refractivity contribution is 6.30. The van der Waals surface area contributed by atoms with Crippen LogP contribution in [0.15, 0.2) is 18.2 Å². The van der Waals surface area contributed by atoms with Gasteiger partial charge < -0.3 is 11.1 Å². The molecule has 2 rings (SSSR count). The number of hydrogen-bond acceptors (Lipinski definition) is 2. The van der Waals surface area contributed by atoms with Gasteiger partial charge in [0.25, 0.3) is 0 Å². The van der Waals surface area contributed by atoms with E-state index in [1.807, 2.05) is 18.2 Å². The molecule has 1 aromatic rings. The average Bonchev–Trinajstić information content (AvgIpc) is 2.61. The number of nitrogens with two attached hydrogens (primary N) is 1. The number of halogens is 2. The second-order valence-electron chi connectivity index (χ2n) is 4.04. The molecule has 3 nitrogen and oxygen atoms in total. The Hall–Kier alpha value is -0.770. The highest BCUT2D eigenvalue weighted by Gasteiger charge is 2.23. The lowest BCUT2D eigenvalue weighted by Crippen LogP contribution is -2.28. The standard InChI is InChI=1S/C12H15ClN2O.ClH/c13-9-2-3-10-8(7-9)1-4-11(10)15-12(16)5-6-14;/h2-3,7,11H,1,4-6,14H2,(H,15,16);1H. The van der Waals surface area contributed by atoms with Crippen molar-refractivity contribution in [3.63, 3.8) is 0 Å². The van der Waals surface area contributed by atoms with Gasteiger partial charge in [0.1, 0.15) is 0 Å². The lowest BCUT2D eigenvalue weighted by Gasteiger charge is -2.13. The molecule has 3 N–H and O–H groups in total. The molecule has 0 spiro atoms. The minimum atomic E-state index is 0. The van der Waals surface area contributed by atoms with Gasteiger partial charge in [-0.25, -0.2) is 0 Å². The molecule has 0 radical (unpaired) electrons. The zero-order chi connectivity index (χ0) is 11.5. The van der Waals surface area contributed by atoms with E-state index in [1.54, 1.807) is 0 Å². The third-order valence-corrected chi connectivity index (χ3v) is 3.12. The van der Waals surface area contributed by atoms with Crippen LogP contribution in [-0.2, 0) is 11.2 Å². The first-order valence-corrected chi connectivity index (χ1v) is 5.86. The van der Waals surface area contributed by atoms with Crippen molar-refractivity contribution in [1.29, 1.82) is 0 Å². The Bertz CT molecular complexity index is 409. The number of rotatable bonds is 3. The molecule has 5 heteroatoms. The van der Waals surface area contributed by atoms with Crippen molar-refractivity contribution in [3.05, 3.63) is 34.3 Å². The molecule has 1 aromatic carbocycles. The van der Waals surface area contributed by atoms with E-state index in [2.05, 4.69) is 5.32 Å². The predicted molar refractivity (Wildman–Crippen MR) is 71.6 cm³/mol. The molecule has 0 saturated carbocycles. The fourth-order valence-corrected chi connectivity index (χ4v) is 2.33. The maximum Gasteiger partial charge on any atom is 0.221 e. The van der Waals surface area contributed by atoms with Gasteiger partial charge in [-0.15, -0.1) is 12.4 Å². The number of fused-ring (bicyclic) bond motifs is 1. The lowest BCUT2D eigenvalue weighted by molar-refractivity contribution is -0.121. The van der Waals surface area contributed by atoms with Gasteiger partial charge in [0, 0.05) is 18.0 Å². The molecule has 0 bridgehead atoms. The molecule has 1 aliphatic carbocycles. The zero-order valence-electron chi connectivity index (χ0n) is 9.41. The second kappa shape index (κ2) is 6.24. The van der Waals surface area contributed by atoms with E-state index in [1.165, 1.54) is 11.1 Å². The van der Waals surface area contributed by atoms with Crippen molar-refractivity contribution >= 4 is 29.9 Å². The Labute approximate surface area is 112 Å². The normalized spacial score (nSPS) is 17.2. The van der Waals surface area contributed by atoms with Crippen LogP contribution in [-0.4, -0.2) is 12.5 Å². The van der Waals surface area contributed by atoms with Crippen molar-refractivity contribution in [2.24, 2.45) is 5.73 Å². The molecule has 94 valence electrons. The molecule has 0 saturated heterocycles. The molecule has 1 atom stereocenters. The lowest BCUT2D eigenvalue weighted by atomic mass is 10.1. The molecule has 0 fully saturated rings. The highest BCUT2D eigenvalue weighted by Crippen LogP contribution is 2.32. The smallest absolute Gasteiger partial charge is 0.221 e. The summed E-state index contributed by atoms with van der Waals surface area (Å²) in [6, 6.07) is 5.98. The maximum absolute atomic E-state index is 11.5. The van der Waals surface area contributed by atoms with Crippen molar-refractivity contribution < 1.29 is 4.79 Å². The third-order valence-electron chi connectivity index (χ3n) is 2.89. The van der Waals surface area contributed by atoms with Crippen LogP contribution in [0.2, 0.25) is 5.02 Å². The van der Waals surface area contributed by atoms with Gasteiger partial charge in [-0.2, -0.15) is 0 Å². The van der Waals surface area contributed by atoms with E-state index < -0.39 is 0 Å². The van der Waals surface area contributed by atoms with Crippen LogP contribution in [0, 0.1) is 0 Å². The van der Waals surface area contributed by atoms with Crippen molar-refractivity contribution in [2.75, 3.05) is 6.54 Å². The van der Waals surface area contributed by atoms with Gasteiger partial charge in [-0.05, 0) is 36.1 Å². The number of amides is 1. The Morgan fingerprint density at radius 1 is 1.53 bits per heavy atom. The monoisotopic (exact) mass is 274 g/mol. The minimum Gasteiger partial charge on any atom is -0.349 e. The van der Waals surface area contributed by atoms with E-state index in [4.69, 9.17) is 17.3 Å². The molecule has 0 aliphatic heterocycles. The molecule has 1 unspecified atom stereocenters. The molecular formula is C12H16Cl2N2O. The maximum atomic E-state index is 11.5. The number of carbonyl (C=O) groups excluding carboxylic acids is 1. The fraction of sp³-hybridized carbons (Fsp3) is 0.417. The first-order valence-electron chi connectivity index (χ1n) is 5.48. The van der Waals surface area contributed by atoms with Crippen LogP contribution < -0.4 is 11.1 Å². The SMILES string of the molecule is Cl.NCCC(=O)NC1CCc2cc(Cl)ccc21. The largest absolute Gasteiger partial charge is 0.349 e. The first kappa shape index (κ1) is 14.3. The van der Waals surface area contributed by atoms with Gasteiger partial charge >= 0.3 is 0 Å². The van der Waals surface area contributed by atoms with Crippen molar-refractivity contribution in [3.8, 4) is 0 Å². The van der Waals surface area contributed by atoms with Crippen LogP contribution in [0.3, 0.4) is 0 Å². The van der Waals surface area contributed by atoms with Crippen LogP contribution in [0.5, 0.6) is 0 Å². The van der Waals surface area contributed by atoms with Crippen LogP contribution >= 0.6 is 24.0 Å². The summed E-state index contributed by atoms with van der Waals surface area (Å²) in [7, 11) is 0. The van der Waals surface area contributed by atoms with Crippen molar-refractivity contribution in [2.45, 2.75) is 25.3 Å². The summed E-state index contributed by atoms with van der Waals surface area (Å²) in [5.41, 5.74) is 7.77. The van der Waals surface area contributed by atoms with Gasteiger partial charge in [-0.3, -0.25) is 4.79 Å². The second-order valence-corrected chi connectivity index (χ2v) is 4.48. The van der Waals surface area contributed by atoms with E-state index in [0.717, 1.165) is 17.9 Å². The topological polar surface area (TPSA) is 55.1 Å². The van der Waals surface area contributed by atoms with E-state index in [0.29, 0.717) is 13.0 Å². The summed E-state index contributed by atoms with van der Waals surface area (Å²) in [4.78, 5) is 11.5. The minimum absolute atomic E-state index is 0. The van der Waals surface area contributed by atoms with E-state index in [-0.39, 0.29) is 24.4 Å². The third kappa shape index (κ3) is 3.35. The van der Waals surface area contributed by atoms with Crippen molar-refractivity contribution in [1.82, 2.24) is 5.32 Å². The number of nitrogens with one attached hydrogen (secondary N) is 1. The summed E-state index contributed by atoms with van der Waals surface area (Å²) < 4.78 is 0. The Morgan fingerprint density at radius 3 is 3.00 bits per heavy atom. The van der Waals surface area contributed by atoms with Gasteiger partial charge in [0.05, 0.1) is 6.04 Å². The number of aryl methyl sites for hydroxylation is 1. The fourth-order valence-electron chi connectivity index (χ4n) is 2.13. The summed E-state index contributed by atoms with van der Waals surface area (Å²) in [5, 5.41) is 3.75. The molecule has 17 heavy (non-hydrogen) atoms. The summed E-state index contributed by atoms with van der Waals surface area (Å²) in [6.45, 7) is 0.395.